The second-order valence-electron chi connectivity index (χ2n) is 4.47. The number of nitrogens with two attached hydrogens (primary N) is 1. The van der Waals surface area contributed by atoms with Crippen LogP contribution in [0.1, 0.15) is 19.8 Å². The van der Waals surface area contributed by atoms with E-state index in [2.05, 4.69) is 12.2 Å². The number of nitrogens with zero attached hydrogens (tertiary/aromatic N) is 1. The molecule has 0 spiro atoms. The molecule has 1 saturated heterocycles. The molecule has 96 valence electrons. The minimum atomic E-state index is -0.188. The summed E-state index contributed by atoms with van der Waals surface area (Å²) in [5, 5.41) is 3.03. The molecule has 1 heterocycles. The summed E-state index contributed by atoms with van der Waals surface area (Å²) < 4.78 is 0. The number of hydrogen-bond donors (Lipinski definition) is 2. The minimum absolute atomic E-state index is 0.0104. The Balaban J connectivity index is 2.71. The molecule has 0 bridgehead atoms. The van der Waals surface area contributed by atoms with Gasteiger partial charge in [0.15, 0.2) is 5.78 Å². The molecule has 1 fully saturated rings. The first-order chi connectivity index (χ1) is 8.10. The third-order valence-electron chi connectivity index (χ3n) is 3.17. The van der Waals surface area contributed by atoms with Gasteiger partial charge < -0.3 is 16.0 Å². The van der Waals surface area contributed by atoms with Crippen LogP contribution in [0, 0.1) is 5.92 Å². The summed E-state index contributed by atoms with van der Waals surface area (Å²) in [6, 6.07) is -0.188. The van der Waals surface area contributed by atoms with Crippen molar-refractivity contribution in [3.8, 4) is 0 Å². The molecule has 1 aliphatic rings. The van der Waals surface area contributed by atoms with E-state index in [4.69, 9.17) is 5.73 Å². The quantitative estimate of drug-likeness (QED) is 0.670. The number of amides is 1. The monoisotopic (exact) mass is 239 g/mol. The molecular formula is C12H21N3O2. The number of likely N-dealkylation sites (N-methyl/N-ethyl adjacent to an activating group) is 1. The second kappa shape index (κ2) is 6.39. The van der Waals surface area contributed by atoms with Crippen LogP contribution in [0.15, 0.2) is 12.3 Å². The molecule has 1 aliphatic heterocycles. The van der Waals surface area contributed by atoms with Gasteiger partial charge in [0.1, 0.15) is 0 Å². The van der Waals surface area contributed by atoms with Gasteiger partial charge in [-0.2, -0.15) is 0 Å². The molecule has 2 unspecified atom stereocenters. The largest absolute Gasteiger partial charge is 0.404 e. The van der Waals surface area contributed by atoms with E-state index in [9.17, 15) is 9.59 Å². The van der Waals surface area contributed by atoms with Crippen molar-refractivity contribution in [3.05, 3.63) is 12.3 Å². The fourth-order valence-electron chi connectivity index (χ4n) is 2.23. The van der Waals surface area contributed by atoms with Crippen LogP contribution in [0.3, 0.4) is 0 Å². The zero-order valence-electron chi connectivity index (χ0n) is 10.5. The van der Waals surface area contributed by atoms with Crippen LogP contribution < -0.4 is 11.1 Å². The van der Waals surface area contributed by atoms with Crippen molar-refractivity contribution in [2.75, 3.05) is 20.1 Å². The Bertz CT molecular complexity index is 315. The van der Waals surface area contributed by atoms with Crippen molar-refractivity contribution in [1.29, 1.82) is 0 Å². The smallest absolute Gasteiger partial charge is 0.240 e. The molecule has 0 aliphatic carbocycles. The standard InChI is InChI=1S/C12H21N3O2/c1-9-4-3-7-15(8-10(16)5-6-13)12(17)11(9)14-2/h5-6,9,11,14H,3-4,7-8,13H2,1-2H3/b6-5-. The fourth-order valence-corrected chi connectivity index (χ4v) is 2.23. The Hall–Kier alpha value is -1.36. The molecule has 5 nitrogen and oxygen atoms in total. The minimum Gasteiger partial charge on any atom is -0.404 e. The van der Waals surface area contributed by atoms with E-state index in [1.807, 2.05) is 0 Å². The predicted molar refractivity (Wildman–Crippen MR) is 66.2 cm³/mol. The van der Waals surface area contributed by atoms with Crippen molar-refractivity contribution >= 4 is 11.7 Å². The first-order valence-electron chi connectivity index (χ1n) is 5.97. The van der Waals surface area contributed by atoms with Crippen LogP contribution in [0.25, 0.3) is 0 Å². The maximum atomic E-state index is 12.2. The summed E-state index contributed by atoms with van der Waals surface area (Å²) >= 11 is 0. The van der Waals surface area contributed by atoms with Crippen LogP contribution in [0.4, 0.5) is 0 Å². The van der Waals surface area contributed by atoms with Gasteiger partial charge in [0.2, 0.25) is 5.91 Å². The lowest BCUT2D eigenvalue weighted by atomic mass is 9.98. The highest BCUT2D eigenvalue weighted by atomic mass is 16.2. The molecule has 1 amide bonds. The molecule has 2 atom stereocenters. The van der Waals surface area contributed by atoms with E-state index < -0.39 is 0 Å². The van der Waals surface area contributed by atoms with Gasteiger partial charge in [-0.1, -0.05) is 6.92 Å². The molecule has 0 aromatic rings. The van der Waals surface area contributed by atoms with Crippen LogP contribution in [0.5, 0.6) is 0 Å². The van der Waals surface area contributed by atoms with Gasteiger partial charge in [-0.05, 0) is 38.1 Å². The number of carbonyl (C=O) groups excluding carboxylic acids is 2. The maximum absolute atomic E-state index is 12.2. The van der Waals surface area contributed by atoms with Crippen LogP contribution in [-0.4, -0.2) is 42.8 Å². The predicted octanol–water partition coefficient (Wildman–Crippen LogP) is -0.126. The van der Waals surface area contributed by atoms with Crippen molar-refractivity contribution in [1.82, 2.24) is 10.2 Å². The normalized spacial score (nSPS) is 26.2. The fraction of sp³-hybridized carbons (Fsp3) is 0.667. The van der Waals surface area contributed by atoms with E-state index in [0.717, 1.165) is 12.8 Å². The van der Waals surface area contributed by atoms with E-state index >= 15 is 0 Å². The van der Waals surface area contributed by atoms with Crippen LogP contribution in [0.2, 0.25) is 0 Å². The molecule has 0 radical (unpaired) electrons. The number of nitrogens with one attached hydrogen (secondary N) is 1. The summed E-state index contributed by atoms with van der Waals surface area (Å²) in [4.78, 5) is 25.3. The molecule has 3 N–H and O–H groups in total. The third-order valence-corrected chi connectivity index (χ3v) is 3.17. The first kappa shape index (κ1) is 13.7. The molecule has 0 aromatic heterocycles. The highest BCUT2D eigenvalue weighted by molar-refractivity contribution is 5.94. The average molecular weight is 239 g/mol. The lowest BCUT2D eigenvalue weighted by molar-refractivity contribution is -0.136. The molecular weight excluding hydrogens is 218 g/mol. The lowest BCUT2D eigenvalue weighted by Crippen LogP contribution is -2.48. The lowest BCUT2D eigenvalue weighted by Gasteiger charge is -2.25. The SMILES string of the molecule is CNC1C(=O)N(CC(=O)/C=C\N)CCCC1C. The van der Waals surface area contributed by atoms with Gasteiger partial charge in [-0.25, -0.2) is 0 Å². The maximum Gasteiger partial charge on any atom is 0.240 e. The summed E-state index contributed by atoms with van der Waals surface area (Å²) in [7, 11) is 1.78. The third kappa shape index (κ3) is 3.56. The zero-order chi connectivity index (χ0) is 12.8. The summed E-state index contributed by atoms with van der Waals surface area (Å²) in [5.74, 6) is 0.180. The van der Waals surface area contributed by atoms with Gasteiger partial charge in [0.25, 0.3) is 0 Å². The van der Waals surface area contributed by atoms with E-state index in [0.29, 0.717) is 12.5 Å². The number of rotatable bonds is 4. The number of ketones is 1. The Kier molecular flexibility index (Phi) is 5.15. The highest BCUT2D eigenvalue weighted by Gasteiger charge is 2.31. The van der Waals surface area contributed by atoms with E-state index in [1.54, 1.807) is 11.9 Å². The second-order valence-corrected chi connectivity index (χ2v) is 4.47. The van der Waals surface area contributed by atoms with Crippen molar-refractivity contribution in [3.63, 3.8) is 0 Å². The van der Waals surface area contributed by atoms with Gasteiger partial charge >= 0.3 is 0 Å². The molecule has 1 rings (SSSR count). The molecule has 0 aromatic carbocycles. The Morgan fingerprint density at radius 1 is 1.65 bits per heavy atom. The summed E-state index contributed by atoms with van der Waals surface area (Å²) in [6.07, 6.45) is 4.44. The molecule has 17 heavy (non-hydrogen) atoms. The van der Waals surface area contributed by atoms with Crippen LogP contribution >= 0.6 is 0 Å². The van der Waals surface area contributed by atoms with Crippen molar-refractivity contribution < 1.29 is 9.59 Å². The Morgan fingerprint density at radius 2 is 2.35 bits per heavy atom. The van der Waals surface area contributed by atoms with Crippen molar-refractivity contribution in [2.45, 2.75) is 25.8 Å². The number of likely N-dealkylation sites (tertiary alicyclic amines) is 1. The van der Waals surface area contributed by atoms with Gasteiger partial charge in [0.05, 0.1) is 12.6 Å². The Labute approximate surface area is 102 Å². The topological polar surface area (TPSA) is 75.4 Å². The van der Waals surface area contributed by atoms with Crippen LogP contribution in [-0.2, 0) is 9.59 Å². The van der Waals surface area contributed by atoms with Crippen molar-refractivity contribution in [2.24, 2.45) is 11.7 Å². The first-order valence-corrected chi connectivity index (χ1v) is 5.97. The van der Waals surface area contributed by atoms with Gasteiger partial charge in [0, 0.05) is 6.54 Å². The summed E-state index contributed by atoms with van der Waals surface area (Å²) in [5.41, 5.74) is 5.16. The molecule has 5 heteroatoms. The summed E-state index contributed by atoms with van der Waals surface area (Å²) in [6.45, 7) is 2.83. The Morgan fingerprint density at radius 3 is 2.94 bits per heavy atom. The van der Waals surface area contributed by atoms with E-state index in [1.165, 1.54) is 12.3 Å². The average Bonchev–Trinajstić information content (AvgIpc) is 2.40. The number of hydrogen-bond acceptors (Lipinski definition) is 4. The molecule has 0 saturated carbocycles. The highest BCUT2D eigenvalue weighted by Crippen LogP contribution is 2.18. The van der Waals surface area contributed by atoms with E-state index in [-0.39, 0.29) is 24.3 Å². The number of carbonyl (C=O) groups is 2. The van der Waals surface area contributed by atoms with Gasteiger partial charge in [-0.3, -0.25) is 9.59 Å². The van der Waals surface area contributed by atoms with Gasteiger partial charge in [-0.15, -0.1) is 0 Å². The zero-order valence-corrected chi connectivity index (χ0v) is 10.5.